The highest BCUT2D eigenvalue weighted by Gasteiger charge is 2.50. The lowest BCUT2D eigenvalue weighted by atomic mass is 9.88. The SMILES string of the molecule is COc1ccc(CC(CC(=O)C(CO)NC(=O)c2cc(C)no2)C(=O)NC(CC2CCCC2)C(=O)C2(C)CO2)cc1. The average Bonchev–Trinajstić information content (AvgIpc) is 3.30. The Balaban J connectivity index is 1.51. The minimum absolute atomic E-state index is 0.0923. The van der Waals surface area contributed by atoms with Crippen LogP contribution in [0.4, 0.5) is 0 Å². The van der Waals surface area contributed by atoms with Gasteiger partial charge in [-0.25, -0.2) is 0 Å². The maximum Gasteiger partial charge on any atom is 0.290 e. The van der Waals surface area contributed by atoms with E-state index >= 15 is 0 Å². The Morgan fingerprint density at radius 2 is 1.80 bits per heavy atom. The van der Waals surface area contributed by atoms with E-state index < -0.39 is 47.8 Å². The van der Waals surface area contributed by atoms with Crippen LogP contribution in [0.5, 0.6) is 5.75 Å². The lowest BCUT2D eigenvalue weighted by Crippen LogP contribution is -2.50. The van der Waals surface area contributed by atoms with Gasteiger partial charge in [0.1, 0.15) is 17.4 Å². The lowest BCUT2D eigenvalue weighted by Gasteiger charge is -2.26. The zero-order chi connectivity index (χ0) is 29.6. The highest BCUT2D eigenvalue weighted by Crippen LogP contribution is 2.34. The summed E-state index contributed by atoms with van der Waals surface area (Å²) in [7, 11) is 1.55. The molecule has 0 radical (unpaired) electrons. The van der Waals surface area contributed by atoms with Crippen molar-refractivity contribution in [2.75, 3.05) is 20.3 Å². The van der Waals surface area contributed by atoms with E-state index in [1.165, 1.54) is 6.07 Å². The maximum atomic E-state index is 13.7. The molecule has 2 aromatic rings. The molecule has 0 spiro atoms. The minimum Gasteiger partial charge on any atom is -0.497 e. The van der Waals surface area contributed by atoms with Crippen LogP contribution in [0, 0.1) is 18.8 Å². The van der Waals surface area contributed by atoms with Crippen LogP contribution in [0.3, 0.4) is 0 Å². The van der Waals surface area contributed by atoms with Gasteiger partial charge in [0.2, 0.25) is 11.7 Å². The van der Waals surface area contributed by atoms with Crippen molar-refractivity contribution in [2.45, 2.75) is 76.5 Å². The first-order valence-electron chi connectivity index (χ1n) is 14.1. The van der Waals surface area contributed by atoms with Gasteiger partial charge in [0, 0.05) is 18.4 Å². The number of amides is 2. The summed E-state index contributed by atoms with van der Waals surface area (Å²) in [6.07, 6.45) is 4.68. The summed E-state index contributed by atoms with van der Waals surface area (Å²) in [5, 5.41) is 19.0. The Bertz CT molecular complexity index is 1230. The van der Waals surface area contributed by atoms with Gasteiger partial charge in [-0.2, -0.15) is 0 Å². The Kier molecular flexibility index (Phi) is 9.93. The summed E-state index contributed by atoms with van der Waals surface area (Å²) in [6, 6.07) is 6.57. The van der Waals surface area contributed by atoms with Crippen molar-refractivity contribution >= 4 is 23.4 Å². The van der Waals surface area contributed by atoms with Gasteiger partial charge in [-0.05, 0) is 50.3 Å². The molecule has 1 saturated heterocycles. The predicted octanol–water partition coefficient (Wildman–Crippen LogP) is 2.32. The molecule has 11 heteroatoms. The number of aliphatic hydroxyl groups excluding tert-OH is 1. The smallest absolute Gasteiger partial charge is 0.290 e. The van der Waals surface area contributed by atoms with E-state index in [2.05, 4.69) is 15.8 Å². The van der Waals surface area contributed by atoms with Crippen molar-refractivity contribution in [2.24, 2.45) is 11.8 Å². The molecular formula is C30H39N3O8. The first-order chi connectivity index (χ1) is 19.6. The zero-order valence-corrected chi connectivity index (χ0v) is 23.8. The van der Waals surface area contributed by atoms with Crippen molar-refractivity contribution in [3.8, 4) is 5.75 Å². The summed E-state index contributed by atoms with van der Waals surface area (Å²) in [5.41, 5.74) is 0.380. The molecule has 4 unspecified atom stereocenters. The number of hydrogen-bond acceptors (Lipinski definition) is 9. The molecule has 1 aromatic heterocycles. The summed E-state index contributed by atoms with van der Waals surface area (Å²) >= 11 is 0. The number of carbonyl (C=O) groups is 4. The molecule has 1 aliphatic heterocycles. The second kappa shape index (κ2) is 13.4. The molecule has 11 nitrogen and oxygen atoms in total. The normalized spacial score (nSPS) is 20.6. The van der Waals surface area contributed by atoms with Gasteiger partial charge in [0.05, 0.1) is 32.1 Å². The molecule has 1 aliphatic carbocycles. The van der Waals surface area contributed by atoms with E-state index in [-0.39, 0.29) is 24.4 Å². The summed E-state index contributed by atoms with van der Waals surface area (Å²) in [5.74, 6) is -1.79. The van der Waals surface area contributed by atoms with Crippen LogP contribution in [0.1, 0.15) is 67.3 Å². The number of benzene rings is 1. The van der Waals surface area contributed by atoms with E-state index in [9.17, 15) is 24.3 Å². The van der Waals surface area contributed by atoms with Gasteiger partial charge in [0.15, 0.2) is 11.6 Å². The minimum atomic E-state index is -1.26. The molecule has 4 atom stereocenters. The molecule has 2 aliphatic rings. The molecule has 41 heavy (non-hydrogen) atoms. The van der Waals surface area contributed by atoms with Crippen LogP contribution in [0.2, 0.25) is 0 Å². The van der Waals surface area contributed by atoms with Gasteiger partial charge in [-0.3, -0.25) is 19.2 Å². The van der Waals surface area contributed by atoms with Gasteiger partial charge in [-0.15, -0.1) is 0 Å². The number of Topliss-reactive ketones (excluding diaryl/α,β-unsaturated/α-hetero) is 2. The second-order valence-corrected chi connectivity index (χ2v) is 11.3. The van der Waals surface area contributed by atoms with Crippen LogP contribution in [0.15, 0.2) is 34.9 Å². The Morgan fingerprint density at radius 3 is 2.37 bits per heavy atom. The van der Waals surface area contributed by atoms with Crippen molar-refractivity contribution < 1.29 is 38.3 Å². The standard InChI is InChI=1S/C30H39N3O8/c1-18-12-26(41-33-18)29(38)32-24(16-34)25(35)15-21(13-20-8-10-22(39-3)11-9-20)28(37)31-23(14-19-6-4-5-7-19)27(36)30(2)17-40-30/h8-12,19,21,23-24,34H,4-7,13-17H2,1-3H3,(H,31,37)(H,32,38). The van der Waals surface area contributed by atoms with Crippen LogP contribution < -0.4 is 15.4 Å². The molecule has 1 aromatic carbocycles. The molecular weight excluding hydrogens is 530 g/mol. The van der Waals surface area contributed by atoms with E-state index in [1.807, 2.05) is 0 Å². The number of hydrogen-bond donors (Lipinski definition) is 3. The van der Waals surface area contributed by atoms with Crippen molar-refractivity contribution in [3.05, 3.63) is 47.3 Å². The topological polar surface area (TPSA) is 160 Å². The third kappa shape index (κ3) is 8.01. The van der Waals surface area contributed by atoms with Crippen molar-refractivity contribution in [3.63, 3.8) is 0 Å². The Labute approximate surface area is 239 Å². The lowest BCUT2D eigenvalue weighted by molar-refractivity contribution is -0.134. The first-order valence-corrected chi connectivity index (χ1v) is 14.1. The van der Waals surface area contributed by atoms with Gasteiger partial charge < -0.3 is 29.7 Å². The third-order valence-corrected chi connectivity index (χ3v) is 7.96. The van der Waals surface area contributed by atoms with Crippen LogP contribution >= 0.6 is 0 Å². The number of nitrogens with one attached hydrogen (secondary N) is 2. The number of carbonyl (C=O) groups excluding carboxylic acids is 4. The van der Waals surface area contributed by atoms with E-state index in [1.54, 1.807) is 45.2 Å². The quantitative estimate of drug-likeness (QED) is 0.274. The van der Waals surface area contributed by atoms with Crippen LogP contribution in [-0.2, 0) is 25.5 Å². The predicted molar refractivity (Wildman–Crippen MR) is 147 cm³/mol. The fourth-order valence-electron chi connectivity index (χ4n) is 5.34. The largest absolute Gasteiger partial charge is 0.497 e. The number of aromatic nitrogens is 1. The van der Waals surface area contributed by atoms with Gasteiger partial charge in [-0.1, -0.05) is 43.0 Å². The molecule has 2 fully saturated rings. The number of aryl methyl sites for hydroxylation is 1. The highest BCUT2D eigenvalue weighted by molar-refractivity contribution is 5.99. The monoisotopic (exact) mass is 569 g/mol. The summed E-state index contributed by atoms with van der Waals surface area (Å²) in [6.45, 7) is 3.04. The molecule has 0 bridgehead atoms. The first kappa shape index (κ1) is 30.4. The number of methoxy groups -OCH3 is 1. The Morgan fingerprint density at radius 1 is 1.12 bits per heavy atom. The second-order valence-electron chi connectivity index (χ2n) is 11.3. The number of nitrogens with zero attached hydrogens (tertiary/aromatic N) is 1. The molecule has 1 saturated carbocycles. The number of aliphatic hydroxyl groups is 1. The number of epoxide rings is 1. The molecule has 222 valence electrons. The highest BCUT2D eigenvalue weighted by atomic mass is 16.6. The van der Waals surface area contributed by atoms with Crippen molar-refractivity contribution in [1.29, 1.82) is 0 Å². The maximum absolute atomic E-state index is 13.7. The van der Waals surface area contributed by atoms with Gasteiger partial charge >= 0.3 is 0 Å². The van der Waals surface area contributed by atoms with E-state index in [0.29, 0.717) is 30.4 Å². The van der Waals surface area contributed by atoms with E-state index in [0.717, 1.165) is 31.2 Å². The molecule has 2 heterocycles. The Hall–Kier alpha value is -3.57. The number of rotatable bonds is 15. The van der Waals surface area contributed by atoms with Crippen LogP contribution in [-0.4, -0.2) is 71.7 Å². The molecule has 2 amide bonds. The van der Waals surface area contributed by atoms with Gasteiger partial charge in [0.25, 0.3) is 5.91 Å². The molecule has 3 N–H and O–H groups in total. The summed E-state index contributed by atoms with van der Waals surface area (Å²) < 4.78 is 15.6. The van der Waals surface area contributed by atoms with Crippen LogP contribution in [0.25, 0.3) is 0 Å². The fraction of sp³-hybridized carbons (Fsp3) is 0.567. The fourth-order valence-corrected chi connectivity index (χ4v) is 5.34. The average molecular weight is 570 g/mol. The number of ether oxygens (including phenoxy) is 2. The number of ketones is 2. The van der Waals surface area contributed by atoms with Crippen molar-refractivity contribution in [1.82, 2.24) is 15.8 Å². The molecule has 4 rings (SSSR count). The van der Waals surface area contributed by atoms with E-state index in [4.69, 9.17) is 14.0 Å². The summed E-state index contributed by atoms with van der Waals surface area (Å²) in [4.78, 5) is 52.9. The third-order valence-electron chi connectivity index (χ3n) is 7.96. The zero-order valence-electron chi connectivity index (χ0n) is 23.8.